The van der Waals surface area contributed by atoms with Crippen LogP contribution in [0.25, 0.3) is 22.0 Å². The van der Waals surface area contributed by atoms with Crippen LogP contribution in [0.5, 0.6) is 0 Å². The summed E-state index contributed by atoms with van der Waals surface area (Å²) >= 11 is 6.62. The number of benzene rings is 2. The van der Waals surface area contributed by atoms with E-state index in [4.69, 9.17) is 27.8 Å². The number of aromatic nitrogens is 5. The highest BCUT2D eigenvalue weighted by Gasteiger charge is 2.54. The summed E-state index contributed by atoms with van der Waals surface area (Å²) in [5.74, 6) is -10.6. The molecule has 73 heavy (non-hydrogen) atoms. The van der Waals surface area contributed by atoms with Gasteiger partial charge in [0.05, 0.1) is 45.2 Å². The highest BCUT2D eigenvalue weighted by Crippen LogP contribution is 2.50. The number of halogens is 11. The lowest BCUT2D eigenvalue weighted by molar-refractivity contribution is -0.143. The summed E-state index contributed by atoms with van der Waals surface area (Å²) in [6.45, 7) is -0.539. The molecule has 398 valence electrons. The largest absolute Gasteiger partial charge is 0.446 e. The Balaban J connectivity index is 1.62. The number of carbonyl (C=O) groups excluding carboxylic acids is 2. The van der Waals surface area contributed by atoms with E-state index < -0.39 is 161 Å². The number of amides is 2. The van der Waals surface area contributed by atoms with Crippen LogP contribution in [0.15, 0.2) is 47.5 Å². The number of nitrogens with zero attached hydrogens (tertiary/aromatic N) is 7. The van der Waals surface area contributed by atoms with Gasteiger partial charge in [-0.15, -0.1) is 0 Å². The molecule has 0 saturated heterocycles. The molecule has 0 bridgehead atoms. The average molecular weight is 1100 g/mol. The second kappa shape index (κ2) is 20.2. The number of carbonyl (C=O) groups is 2. The number of pyridine rings is 1. The molecule has 5 N–H and O–H groups in total. The Morgan fingerprint density at radius 2 is 1.60 bits per heavy atom. The molecular formula is C43H45ClF10N10O7S2. The van der Waals surface area contributed by atoms with E-state index in [0.29, 0.717) is 12.3 Å². The number of sulfonamides is 1. The number of hydrogen-bond acceptors (Lipinski definition) is 11. The standard InChI is InChI=1S/C43H45ClF10N10O7S2/c1-21-14-28-35(43(52,53)54)60-62(36(28)42(21,50)51)19-31(65)59-30(17-22-15-23(45)18-24(46)16-22)33-26(7-6-25(58-33)10-11-40(2,3)72(4,67)68)27-8-9-29(44)32-34(27)63(20-41(47,48)49)61-37(32)64(73(5,69)70)39(66)71-13-12-57-38(55)56/h6-9,15-16,18,21,30H,10-14,17,19-20H2,1-5H3,(H,59,65)(H4,55,56,57)/t21-,30+/m1/s1. The minimum absolute atomic E-state index is 0.0370. The number of aliphatic imine (C=N–C) groups is 1. The third-order valence-electron chi connectivity index (χ3n) is 11.8. The van der Waals surface area contributed by atoms with Gasteiger partial charge in [0.1, 0.15) is 37.0 Å². The monoisotopic (exact) mass is 1100 g/mol. The molecule has 1 aliphatic rings. The first kappa shape index (κ1) is 56.1. The fourth-order valence-electron chi connectivity index (χ4n) is 8.05. The van der Waals surface area contributed by atoms with Crippen LogP contribution in [0.4, 0.5) is 54.5 Å². The second-order valence-electron chi connectivity index (χ2n) is 17.8. The van der Waals surface area contributed by atoms with E-state index in [0.717, 1.165) is 37.4 Å². The van der Waals surface area contributed by atoms with E-state index >= 15 is 8.78 Å². The molecule has 2 aromatic carbocycles. The van der Waals surface area contributed by atoms with Crippen molar-refractivity contribution in [2.75, 3.05) is 30.0 Å². The molecule has 6 rings (SSSR count). The minimum atomic E-state index is -5.24. The summed E-state index contributed by atoms with van der Waals surface area (Å²) in [5.41, 5.74) is 5.00. The third kappa shape index (κ3) is 12.4. The number of fused-ring (bicyclic) bond motifs is 2. The smallest absolute Gasteiger partial charge is 0.435 e. The highest BCUT2D eigenvalue weighted by molar-refractivity contribution is 7.92. The van der Waals surface area contributed by atoms with E-state index in [1.54, 1.807) is 0 Å². The fourth-order valence-corrected chi connectivity index (χ4v) is 9.52. The summed E-state index contributed by atoms with van der Waals surface area (Å²) in [5, 5.41) is 8.58. The van der Waals surface area contributed by atoms with E-state index in [1.165, 1.54) is 26.0 Å². The van der Waals surface area contributed by atoms with Crippen molar-refractivity contribution in [1.82, 2.24) is 29.9 Å². The van der Waals surface area contributed by atoms with E-state index in [1.807, 2.05) is 0 Å². The third-order valence-corrected chi connectivity index (χ3v) is 15.3. The molecule has 17 nitrogen and oxygen atoms in total. The Kier molecular flexibility index (Phi) is 15.5. The van der Waals surface area contributed by atoms with Gasteiger partial charge in [-0.1, -0.05) is 30.7 Å². The maximum Gasteiger partial charge on any atom is 0.435 e. The van der Waals surface area contributed by atoms with Gasteiger partial charge in [-0.05, 0) is 69.4 Å². The molecule has 3 heterocycles. The Bertz CT molecular complexity index is 3210. The number of guanidine groups is 1. The van der Waals surface area contributed by atoms with Gasteiger partial charge in [0, 0.05) is 40.6 Å². The predicted molar refractivity (Wildman–Crippen MR) is 246 cm³/mol. The van der Waals surface area contributed by atoms with Gasteiger partial charge < -0.3 is 21.5 Å². The molecule has 0 spiro atoms. The Hall–Kier alpha value is -6.23. The number of anilines is 1. The van der Waals surface area contributed by atoms with Crippen molar-refractivity contribution in [3.05, 3.63) is 93.0 Å². The van der Waals surface area contributed by atoms with Crippen LogP contribution < -0.4 is 21.1 Å². The van der Waals surface area contributed by atoms with Gasteiger partial charge >= 0.3 is 18.4 Å². The molecule has 2 atom stereocenters. The molecule has 1 aliphatic carbocycles. The molecule has 0 fully saturated rings. The van der Waals surface area contributed by atoms with Gasteiger partial charge in [-0.25, -0.2) is 30.4 Å². The van der Waals surface area contributed by atoms with Gasteiger partial charge in [0.2, 0.25) is 15.9 Å². The van der Waals surface area contributed by atoms with Crippen molar-refractivity contribution in [2.45, 2.75) is 88.6 Å². The van der Waals surface area contributed by atoms with Crippen LogP contribution in [-0.4, -0.2) is 95.9 Å². The zero-order valence-electron chi connectivity index (χ0n) is 39.0. The second-order valence-corrected chi connectivity index (χ2v) is 22.7. The average Bonchev–Trinajstić information content (AvgIpc) is 3.85. The van der Waals surface area contributed by atoms with E-state index in [2.05, 4.69) is 25.5 Å². The fraction of sp³-hybridized carbons (Fsp3) is 0.442. The number of alkyl halides is 8. The van der Waals surface area contributed by atoms with Crippen molar-refractivity contribution >= 4 is 66.1 Å². The molecule has 30 heteroatoms. The van der Waals surface area contributed by atoms with Gasteiger partial charge in [-0.2, -0.15) is 49.6 Å². The molecule has 0 aliphatic heterocycles. The zero-order chi connectivity index (χ0) is 54.6. The summed E-state index contributed by atoms with van der Waals surface area (Å²) < 4.78 is 203. The van der Waals surface area contributed by atoms with E-state index in [9.17, 15) is 61.5 Å². The lowest BCUT2D eigenvalue weighted by Gasteiger charge is -2.25. The van der Waals surface area contributed by atoms with Crippen LogP contribution in [0.2, 0.25) is 5.02 Å². The van der Waals surface area contributed by atoms with Gasteiger partial charge in [-0.3, -0.25) is 24.1 Å². The van der Waals surface area contributed by atoms with Crippen molar-refractivity contribution < 1.29 is 75.1 Å². The number of nitrogens with two attached hydrogens (primary N) is 2. The molecule has 3 aromatic heterocycles. The zero-order valence-corrected chi connectivity index (χ0v) is 41.4. The highest BCUT2D eigenvalue weighted by atomic mass is 35.5. The molecule has 2 amide bonds. The minimum Gasteiger partial charge on any atom is -0.446 e. The number of sulfone groups is 1. The molecule has 0 radical (unpaired) electrons. The molecule has 0 saturated carbocycles. The number of ether oxygens (including phenoxy) is 1. The van der Waals surface area contributed by atoms with Crippen molar-refractivity contribution in [3.63, 3.8) is 0 Å². The SMILES string of the molecule is C[C@@H]1Cc2c(C(F)(F)F)nn(CC(=O)N[C@@H](Cc3cc(F)cc(F)c3)c3nc(CCC(C)(C)S(C)(=O)=O)ccc3-c3ccc(Cl)c4c(N(C(=O)OCCN=C(N)N)S(C)(=O)=O)nn(CC(F)(F)F)c34)c2C1(F)F. The lowest BCUT2D eigenvalue weighted by Crippen LogP contribution is -2.37. The van der Waals surface area contributed by atoms with Crippen molar-refractivity contribution in [2.24, 2.45) is 22.4 Å². The van der Waals surface area contributed by atoms with Gasteiger partial charge in [0.25, 0.3) is 5.92 Å². The van der Waals surface area contributed by atoms with Crippen molar-refractivity contribution in [3.8, 4) is 11.1 Å². The first-order valence-electron chi connectivity index (χ1n) is 21.5. The molecule has 0 unspecified atom stereocenters. The van der Waals surface area contributed by atoms with Crippen LogP contribution in [0, 0.1) is 17.6 Å². The predicted octanol–water partition coefficient (Wildman–Crippen LogP) is 7.12. The van der Waals surface area contributed by atoms with Crippen LogP contribution in [0.1, 0.15) is 67.1 Å². The van der Waals surface area contributed by atoms with Crippen LogP contribution in [-0.2, 0) is 73.8 Å². The van der Waals surface area contributed by atoms with Gasteiger partial charge in [0.15, 0.2) is 27.3 Å². The summed E-state index contributed by atoms with van der Waals surface area (Å²) in [6.07, 6.45) is -12.3. The Morgan fingerprint density at radius 3 is 2.18 bits per heavy atom. The maximum absolute atomic E-state index is 15.6. The van der Waals surface area contributed by atoms with E-state index in [-0.39, 0.29) is 55.4 Å². The quantitative estimate of drug-likeness (QED) is 0.0365. The summed E-state index contributed by atoms with van der Waals surface area (Å²) in [4.78, 5) is 35.9. The normalized spacial score (nSPS) is 15.5. The Morgan fingerprint density at radius 1 is 0.973 bits per heavy atom. The number of hydrogen-bond donors (Lipinski definition) is 3. The summed E-state index contributed by atoms with van der Waals surface area (Å²) in [6, 6.07) is 5.08. The number of nitrogens with one attached hydrogen (secondary N) is 1. The first-order valence-corrected chi connectivity index (χ1v) is 25.6. The van der Waals surface area contributed by atoms with Crippen LogP contribution >= 0.6 is 11.6 Å². The van der Waals surface area contributed by atoms with Crippen molar-refractivity contribution in [1.29, 1.82) is 0 Å². The first-order chi connectivity index (χ1) is 33.5. The molecule has 5 aromatic rings. The lowest BCUT2D eigenvalue weighted by atomic mass is 9.93. The Labute approximate surface area is 414 Å². The number of rotatable bonds is 17. The van der Waals surface area contributed by atoms with Crippen LogP contribution in [0.3, 0.4) is 0 Å². The molecular weight excluding hydrogens is 1060 g/mol. The maximum atomic E-state index is 15.6. The topological polar surface area (TPSA) is 240 Å². The number of aryl methyl sites for hydroxylation is 1. The summed E-state index contributed by atoms with van der Waals surface area (Å²) in [7, 11) is -8.61.